The predicted octanol–water partition coefficient (Wildman–Crippen LogP) is 7.73. The summed E-state index contributed by atoms with van der Waals surface area (Å²) in [5, 5.41) is 0.198. The van der Waals surface area contributed by atoms with Crippen LogP contribution < -0.4 is 14.2 Å². The van der Waals surface area contributed by atoms with E-state index in [0.717, 1.165) is 0 Å². The van der Waals surface area contributed by atoms with Crippen LogP contribution in [0.1, 0.15) is 52.7 Å². The minimum absolute atomic E-state index is 0.0341. The highest BCUT2D eigenvalue weighted by molar-refractivity contribution is 14.1. The van der Waals surface area contributed by atoms with Crippen LogP contribution in [0.5, 0.6) is 11.5 Å². The molecule has 0 saturated carbocycles. The smallest absolute Gasteiger partial charge is 0.192 e. The number of benzene rings is 2. The van der Waals surface area contributed by atoms with Crippen LogP contribution >= 0.6 is 34.2 Å². The molecule has 10 heteroatoms. The van der Waals surface area contributed by atoms with E-state index < -0.39 is 33.8 Å². The van der Waals surface area contributed by atoms with Gasteiger partial charge in [0.2, 0.25) is 0 Å². The summed E-state index contributed by atoms with van der Waals surface area (Å²) in [7, 11) is -0.585. The molecule has 0 saturated heterocycles. The topological polar surface area (TPSA) is 62.8 Å². The van der Waals surface area contributed by atoms with Crippen molar-refractivity contribution in [2.45, 2.75) is 74.6 Å². The highest BCUT2D eigenvalue weighted by atomic mass is 127. The van der Waals surface area contributed by atoms with Crippen LogP contribution in [-0.4, -0.2) is 31.3 Å². The Morgan fingerprint density at radius 1 is 1.06 bits per heavy atom. The van der Waals surface area contributed by atoms with Gasteiger partial charge in [-0.05, 0) is 103 Å². The Morgan fingerprint density at radius 3 is 2.11 bits per heavy atom. The van der Waals surface area contributed by atoms with Crippen molar-refractivity contribution in [1.29, 1.82) is 0 Å². The van der Waals surface area contributed by atoms with E-state index in [1.165, 1.54) is 12.1 Å². The van der Waals surface area contributed by atoms with Crippen molar-refractivity contribution < 1.29 is 22.8 Å². The Morgan fingerprint density at radius 2 is 1.61 bits per heavy atom. The van der Waals surface area contributed by atoms with Crippen LogP contribution in [0, 0.1) is 5.82 Å². The maximum absolute atomic E-state index is 14.7. The number of hydrogen-bond donors (Lipinski definition) is 1. The van der Waals surface area contributed by atoms with Crippen LogP contribution in [0.25, 0.3) is 0 Å². The SMILES string of the molecule is COc1ccc(OCc2c(Cl)cc(F)cc2C(I)(CO[Si](C)(C)C(C)(C)C)N[S@+]([O-])C(C)(C)C)cc1. The molecular weight excluding hydrogens is 632 g/mol. The molecule has 202 valence electrons. The largest absolute Gasteiger partial charge is 0.598 e. The summed E-state index contributed by atoms with van der Waals surface area (Å²) < 4.78 is 47.5. The Labute approximate surface area is 238 Å². The third-order valence-corrected chi connectivity index (χ3v) is 14.3. The van der Waals surface area contributed by atoms with Crippen LogP contribution in [0.4, 0.5) is 4.39 Å². The quantitative estimate of drug-likeness (QED) is 0.0923. The van der Waals surface area contributed by atoms with E-state index in [1.807, 2.05) is 20.8 Å². The van der Waals surface area contributed by atoms with Gasteiger partial charge >= 0.3 is 0 Å². The van der Waals surface area contributed by atoms with Gasteiger partial charge in [0.15, 0.2) is 11.9 Å². The number of nitrogens with one attached hydrogen (secondary N) is 1. The zero-order chi connectivity index (χ0) is 27.5. The molecule has 0 aliphatic heterocycles. The molecule has 0 aliphatic carbocycles. The van der Waals surface area contributed by atoms with Gasteiger partial charge in [0.05, 0.1) is 18.7 Å². The molecule has 2 aromatic carbocycles. The molecule has 0 radical (unpaired) electrons. The van der Waals surface area contributed by atoms with Gasteiger partial charge < -0.3 is 18.5 Å². The van der Waals surface area contributed by atoms with Crippen molar-refractivity contribution in [2.24, 2.45) is 0 Å². The molecule has 1 N–H and O–H groups in total. The summed E-state index contributed by atoms with van der Waals surface area (Å²) in [6.07, 6.45) is 0. The molecule has 0 bridgehead atoms. The number of alkyl halides is 1. The summed E-state index contributed by atoms with van der Waals surface area (Å²) in [6.45, 7) is 16.7. The van der Waals surface area contributed by atoms with E-state index >= 15 is 0 Å². The molecule has 2 atom stereocenters. The average molecular weight is 670 g/mol. The Hall–Kier alpha value is -0.563. The third kappa shape index (κ3) is 8.22. The van der Waals surface area contributed by atoms with Crippen LogP contribution in [0.2, 0.25) is 23.2 Å². The van der Waals surface area contributed by atoms with Crippen LogP contribution in [0.3, 0.4) is 0 Å². The predicted molar refractivity (Wildman–Crippen MR) is 159 cm³/mol. The van der Waals surface area contributed by atoms with Crippen molar-refractivity contribution >= 4 is 53.9 Å². The van der Waals surface area contributed by atoms with E-state index in [2.05, 4.69) is 61.2 Å². The maximum atomic E-state index is 14.7. The lowest BCUT2D eigenvalue weighted by Crippen LogP contribution is -2.53. The summed E-state index contributed by atoms with van der Waals surface area (Å²) >= 11 is 7.28. The van der Waals surface area contributed by atoms with Gasteiger partial charge in [0.1, 0.15) is 28.7 Å². The van der Waals surface area contributed by atoms with Gasteiger partial charge in [0.25, 0.3) is 0 Å². The first kappa shape index (κ1) is 31.7. The lowest BCUT2D eigenvalue weighted by Gasteiger charge is -2.40. The Balaban J connectivity index is 2.51. The van der Waals surface area contributed by atoms with E-state index in [0.29, 0.717) is 22.6 Å². The zero-order valence-electron chi connectivity index (χ0n) is 22.6. The van der Waals surface area contributed by atoms with Gasteiger partial charge in [-0.25, -0.2) is 4.39 Å². The monoisotopic (exact) mass is 669 g/mol. The fourth-order valence-electron chi connectivity index (χ4n) is 2.89. The summed E-state index contributed by atoms with van der Waals surface area (Å²) in [4.78, 5) is 0. The number of halogens is 3. The van der Waals surface area contributed by atoms with Crippen LogP contribution in [-0.2, 0) is 25.9 Å². The van der Waals surface area contributed by atoms with E-state index in [-0.39, 0.29) is 23.3 Å². The molecule has 0 aliphatic rings. The second-order valence-corrected chi connectivity index (χ2v) is 20.2. The summed E-state index contributed by atoms with van der Waals surface area (Å²) in [6, 6.07) is 9.87. The normalized spacial score (nSPS) is 15.4. The minimum Gasteiger partial charge on any atom is -0.598 e. The van der Waals surface area contributed by atoms with Crippen molar-refractivity contribution in [3.05, 3.63) is 58.4 Å². The number of hydrogen-bond acceptors (Lipinski definition) is 5. The molecule has 0 spiro atoms. The Kier molecular flexibility index (Phi) is 10.6. The van der Waals surface area contributed by atoms with Gasteiger partial charge in [-0.3, -0.25) is 0 Å². The highest BCUT2D eigenvalue weighted by Gasteiger charge is 2.45. The van der Waals surface area contributed by atoms with Gasteiger partial charge in [0, 0.05) is 16.9 Å². The van der Waals surface area contributed by atoms with E-state index in [4.69, 9.17) is 25.5 Å². The van der Waals surface area contributed by atoms with Crippen molar-refractivity contribution in [1.82, 2.24) is 4.72 Å². The van der Waals surface area contributed by atoms with Gasteiger partial charge in [-0.1, -0.05) is 32.4 Å². The first-order valence-electron chi connectivity index (χ1n) is 11.7. The van der Waals surface area contributed by atoms with E-state index in [9.17, 15) is 8.94 Å². The van der Waals surface area contributed by atoms with Crippen molar-refractivity contribution in [3.8, 4) is 11.5 Å². The standard InChI is InChI=1S/C26H38ClFINO4SSi/c1-24(2,3)35(31)30-26(29,17-34-36(8,9)25(4,5)6)22-14-18(28)15-23(27)21(22)16-33-20-12-10-19(32-7)11-13-20/h10-15,30H,16-17H2,1-9H3/t26?,35-/m1/s1. The number of ether oxygens (including phenoxy) is 2. The lowest BCUT2D eigenvalue weighted by atomic mass is 10.0. The molecule has 5 nitrogen and oxygen atoms in total. The number of rotatable bonds is 10. The maximum Gasteiger partial charge on any atom is 0.192 e. The minimum atomic E-state index is -2.18. The third-order valence-electron chi connectivity index (χ3n) is 6.28. The summed E-state index contributed by atoms with van der Waals surface area (Å²) in [5.74, 6) is 0.843. The number of methoxy groups -OCH3 is 1. The molecular formula is C26H38ClFINO4SSi. The molecule has 0 amide bonds. The first-order chi connectivity index (χ1) is 16.4. The van der Waals surface area contributed by atoms with Crippen LogP contribution in [0.15, 0.2) is 36.4 Å². The van der Waals surface area contributed by atoms with Crippen molar-refractivity contribution in [2.75, 3.05) is 13.7 Å². The molecule has 2 rings (SSSR count). The van der Waals surface area contributed by atoms with Gasteiger partial charge in [-0.15, -0.1) is 4.72 Å². The fourth-order valence-corrected chi connectivity index (χ4v) is 6.46. The molecule has 0 aromatic heterocycles. The average Bonchev–Trinajstić information content (AvgIpc) is 2.75. The van der Waals surface area contributed by atoms with E-state index in [1.54, 1.807) is 31.4 Å². The molecule has 0 heterocycles. The van der Waals surface area contributed by atoms with Gasteiger partial charge in [-0.2, -0.15) is 0 Å². The molecule has 1 unspecified atom stereocenters. The first-order valence-corrected chi connectivity index (χ1v) is 17.2. The highest BCUT2D eigenvalue weighted by Crippen LogP contribution is 2.42. The summed E-state index contributed by atoms with van der Waals surface area (Å²) in [5.41, 5.74) is 1.14. The zero-order valence-corrected chi connectivity index (χ0v) is 27.3. The lowest BCUT2D eigenvalue weighted by molar-refractivity contribution is 0.244. The molecule has 36 heavy (non-hydrogen) atoms. The second kappa shape index (κ2) is 12.1. The molecule has 0 fully saturated rings. The Bertz CT molecular complexity index is 1030. The fraction of sp³-hybridized carbons (Fsp3) is 0.538. The molecule has 2 aromatic rings. The second-order valence-electron chi connectivity index (χ2n) is 11.2. The van der Waals surface area contributed by atoms with Crippen molar-refractivity contribution in [3.63, 3.8) is 0 Å².